The van der Waals surface area contributed by atoms with E-state index in [0.717, 1.165) is 5.75 Å². The number of thioether (sulfide) groups is 1. The summed E-state index contributed by atoms with van der Waals surface area (Å²) in [6, 6.07) is 7.81. The number of carbonyl (C=O) groups is 1. The first-order valence-electron chi connectivity index (χ1n) is 7.38. The number of anilines is 1. The number of carbonyl (C=O) groups excluding carboxylic acids is 1. The SMILES string of the molecule is Cc1ccc(OCc2nnc(SCC(=O)Nc3nncs3)n2C)cc1. The van der Waals surface area contributed by atoms with Crippen molar-refractivity contribution in [3.8, 4) is 5.75 Å². The van der Waals surface area contributed by atoms with Crippen molar-refractivity contribution < 1.29 is 9.53 Å². The van der Waals surface area contributed by atoms with Crippen LogP contribution in [0.25, 0.3) is 0 Å². The Bertz CT molecular complexity index is 832. The topological polar surface area (TPSA) is 94.8 Å². The number of hydrogen-bond acceptors (Lipinski definition) is 8. The van der Waals surface area contributed by atoms with Crippen molar-refractivity contribution in [1.29, 1.82) is 0 Å². The molecule has 3 aromatic rings. The maximum Gasteiger partial charge on any atom is 0.236 e. The third-order valence-electron chi connectivity index (χ3n) is 3.25. The van der Waals surface area contributed by atoms with E-state index in [1.165, 1.54) is 28.7 Å². The third-order valence-corrected chi connectivity index (χ3v) is 4.88. The molecular weight excluding hydrogens is 360 g/mol. The summed E-state index contributed by atoms with van der Waals surface area (Å²) in [7, 11) is 1.85. The first-order valence-corrected chi connectivity index (χ1v) is 9.25. The molecule has 2 heterocycles. The van der Waals surface area contributed by atoms with Gasteiger partial charge in [0.05, 0.1) is 5.75 Å². The molecule has 130 valence electrons. The predicted octanol–water partition coefficient (Wildman–Crippen LogP) is 2.28. The summed E-state index contributed by atoms with van der Waals surface area (Å²) in [5, 5.41) is 19.5. The lowest BCUT2D eigenvalue weighted by molar-refractivity contribution is -0.113. The Balaban J connectivity index is 1.52. The van der Waals surface area contributed by atoms with Crippen molar-refractivity contribution in [2.75, 3.05) is 11.1 Å². The monoisotopic (exact) mass is 376 g/mol. The zero-order valence-electron chi connectivity index (χ0n) is 13.7. The zero-order valence-corrected chi connectivity index (χ0v) is 15.3. The number of nitrogens with zero attached hydrogens (tertiary/aromatic N) is 5. The minimum atomic E-state index is -0.165. The molecule has 1 aromatic carbocycles. The third kappa shape index (κ3) is 4.77. The molecule has 1 amide bonds. The lowest BCUT2D eigenvalue weighted by atomic mass is 10.2. The van der Waals surface area contributed by atoms with Gasteiger partial charge < -0.3 is 9.30 Å². The molecule has 0 saturated carbocycles. The molecule has 1 N–H and O–H groups in total. The van der Waals surface area contributed by atoms with E-state index in [2.05, 4.69) is 25.7 Å². The van der Waals surface area contributed by atoms with Crippen molar-refractivity contribution in [2.24, 2.45) is 7.05 Å². The molecule has 10 heteroatoms. The summed E-state index contributed by atoms with van der Waals surface area (Å²) in [5.74, 6) is 1.51. The van der Waals surface area contributed by atoms with Crippen LogP contribution in [0.5, 0.6) is 5.75 Å². The van der Waals surface area contributed by atoms with Gasteiger partial charge in [0.25, 0.3) is 0 Å². The van der Waals surface area contributed by atoms with Gasteiger partial charge in [-0.05, 0) is 19.1 Å². The maximum absolute atomic E-state index is 11.9. The van der Waals surface area contributed by atoms with E-state index in [-0.39, 0.29) is 11.7 Å². The Kier molecular flexibility index (Phi) is 5.61. The van der Waals surface area contributed by atoms with Gasteiger partial charge in [0.15, 0.2) is 11.0 Å². The van der Waals surface area contributed by atoms with Crippen molar-refractivity contribution in [2.45, 2.75) is 18.7 Å². The van der Waals surface area contributed by atoms with E-state index < -0.39 is 0 Å². The molecule has 25 heavy (non-hydrogen) atoms. The summed E-state index contributed by atoms with van der Waals surface area (Å²) in [6.07, 6.45) is 0. The second kappa shape index (κ2) is 8.08. The summed E-state index contributed by atoms with van der Waals surface area (Å²) in [6.45, 7) is 2.33. The van der Waals surface area contributed by atoms with Gasteiger partial charge in [0.1, 0.15) is 17.9 Å². The van der Waals surface area contributed by atoms with Crippen LogP contribution in [0.4, 0.5) is 5.13 Å². The Labute approximate surface area is 152 Å². The number of nitrogens with one attached hydrogen (secondary N) is 1. The minimum Gasteiger partial charge on any atom is -0.486 e. The minimum absolute atomic E-state index is 0.165. The van der Waals surface area contributed by atoms with Crippen LogP contribution in [-0.2, 0) is 18.4 Å². The van der Waals surface area contributed by atoms with E-state index in [1.807, 2.05) is 42.8 Å². The number of aromatic nitrogens is 5. The smallest absolute Gasteiger partial charge is 0.236 e. The number of benzene rings is 1. The Morgan fingerprint density at radius 1 is 1.28 bits per heavy atom. The van der Waals surface area contributed by atoms with Gasteiger partial charge in [-0.1, -0.05) is 40.8 Å². The Morgan fingerprint density at radius 3 is 2.80 bits per heavy atom. The largest absolute Gasteiger partial charge is 0.486 e. The van der Waals surface area contributed by atoms with Gasteiger partial charge in [-0.25, -0.2) is 0 Å². The van der Waals surface area contributed by atoms with Gasteiger partial charge in [0.2, 0.25) is 11.0 Å². The molecule has 0 atom stereocenters. The lowest BCUT2D eigenvalue weighted by Crippen LogP contribution is -2.14. The Morgan fingerprint density at radius 2 is 2.08 bits per heavy atom. The fourth-order valence-corrected chi connectivity index (χ4v) is 3.08. The summed E-state index contributed by atoms with van der Waals surface area (Å²) in [5.41, 5.74) is 2.74. The van der Waals surface area contributed by atoms with Crippen molar-refractivity contribution in [3.05, 3.63) is 41.2 Å². The predicted molar refractivity (Wildman–Crippen MR) is 95.8 cm³/mol. The molecule has 0 aliphatic heterocycles. The van der Waals surface area contributed by atoms with E-state index in [1.54, 1.807) is 5.51 Å². The van der Waals surface area contributed by atoms with Crippen LogP contribution in [0.15, 0.2) is 34.9 Å². The fourth-order valence-electron chi connectivity index (χ4n) is 1.89. The van der Waals surface area contributed by atoms with Gasteiger partial charge in [0, 0.05) is 7.05 Å². The first kappa shape index (κ1) is 17.4. The zero-order chi connectivity index (χ0) is 17.6. The molecule has 0 bridgehead atoms. The highest BCUT2D eigenvalue weighted by molar-refractivity contribution is 7.99. The van der Waals surface area contributed by atoms with Crippen LogP contribution in [-0.4, -0.2) is 36.6 Å². The number of rotatable bonds is 7. The normalized spacial score (nSPS) is 10.6. The van der Waals surface area contributed by atoms with Crippen molar-refractivity contribution in [1.82, 2.24) is 25.0 Å². The molecule has 8 nitrogen and oxygen atoms in total. The molecule has 0 aliphatic carbocycles. The van der Waals surface area contributed by atoms with Gasteiger partial charge in [-0.15, -0.1) is 20.4 Å². The second-order valence-electron chi connectivity index (χ2n) is 5.14. The molecule has 0 radical (unpaired) electrons. The number of hydrogen-bond donors (Lipinski definition) is 1. The fraction of sp³-hybridized carbons (Fsp3) is 0.267. The van der Waals surface area contributed by atoms with Crippen LogP contribution in [0, 0.1) is 6.92 Å². The van der Waals surface area contributed by atoms with Gasteiger partial charge in [-0.3, -0.25) is 10.1 Å². The van der Waals surface area contributed by atoms with Crippen LogP contribution in [0.3, 0.4) is 0 Å². The van der Waals surface area contributed by atoms with Crippen LogP contribution in [0.1, 0.15) is 11.4 Å². The van der Waals surface area contributed by atoms with E-state index >= 15 is 0 Å². The van der Waals surface area contributed by atoms with Crippen molar-refractivity contribution in [3.63, 3.8) is 0 Å². The highest BCUT2D eigenvalue weighted by Gasteiger charge is 2.12. The Hall–Kier alpha value is -2.46. The molecule has 3 rings (SSSR count). The highest BCUT2D eigenvalue weighted by atomic mass is 32.2. The number of aryl methyl sites for hydroxylation is 1. The average molecular weight is 376 g/mol. The van der Waals surface area contributed by atoms with E-state index in [9.17, 15) is 4.79 Å². The summed E-state index contributed by atoms with van der Waals surface area (Å²) in [4.78, 5) is 11.9. The second-order valence-corrected chi connectivity index (χ2v) is 6.92. The average Bonchev–Trinajstić information content (AvgIpc) is 3.23. The first-order chi connectivity index (χ1) is 12.1. The molecule has 0 saturated heterocycles. The van der Waals surface area contributed by atoms with Crippen molar-refractivity contribution >= 4 is 34.1 Å². The molecule has 0 aliphatic rings. The molecule has 0 fully saturated rings. The maximum atomic E-state index is 11.9. The molecule has 0 spiro atoms. The quantitative estimate of drug-likeness (QED) is 0.632. The van der Waals surface area contributed by atoms with E-state index in [0.29, 0.717) is 22.7 Å². The number of ether oxygens (including phenoxy) is 1. The van der Waals surface area contributed by atoms with E-state index in [4.69, 9.17) is 4.74 Å². The van der Waals surface area contributed by atoms with Crippen LogP contribution in [0.2, 0.25) is 0 Å². The standard InChI is InChI=1S/C15H16N6O2S2/c1-10-3-5-11(6-4-10)23-7-12-18-20-15(21(12)2)24-8-13(22)17-14-19-16-9-25-14/h3-6,9H,7-8H2,1-2H3,(H,17,19,22). The van der Waals surface area contributed by atoms with Crippen LogP contribution >= 0.6 is 23.1 Å². The summed E-state index contributed by atoms with van der Waals surface area (Å²) < 4.78 is 7.53. The molecule has 0 unspecified atom stereocenters. The number of amides is 1. The molecular formula is C15H16N6O2S2. The lowest BCUT2D eigenvalue weighted by Gasteiger charge is -2.06. The summed E-state index contributed by atoms with van der Waals surface area (Å²) >= 11 is 2.57. The molecule has 2 aromatic heterocycles. The van der Waals surface area contributed by atoms with Gasteiger partial charge in [-0.2, -0.15) is 0 Å². The van der Waals surface area contributed by atoms with Crippen LogP contribution < -0.4 is 10.1 Å². The van der Waals surface area contributed by atoms with Gasteiger partial charge >= 0.3 is 0 Å². The highest BCUT2D eigenvalue weighted by Crippen LogP contribution is 2.18.